The van der Waals surface area contributed by atoms with Crippen LogP contribution in [0.1, 0.15) is 19.8 Å². The second kappa shape index (κ2) is 6.13. The number of benzene rings is 1. The number of hydrogen-bond donors (Lipinski definition) is 1. The van der Waals surface area contributed by atoms with Crippen LogP contribution in [-0.4, -0.2) is 49.2 Å². The molecule has 1 unspecified atom stereocenters. The van der Waals surface area contributed by atoms with Crippen molar-refractivity contribution in [2.24, 2.45) is 0 Å². The van der Waals surface area contributed by atoms with Crippen molar-refractivity contribution in [1.29, 1.82) is 0 Å². The molecule has 5 heteroatoms. The van der Waals surface area contributed by atoms with E-state index >= 15 is 0 Å². The minimum absolute atomic E-state index is 0.00412. The summed E-state index contributed by atoms with van der Waals surface area (Å²) in [7, 11) is 4.03. The number of fused-ring (bicyclic) bond motifs is 1. The second-order valence-electron chi connectivity index (χ2n) is 5.31. The molecule has 0 saturated carbocycles. The molecule has 1 heterocycles. The van der Waals surface area contributed by atoms with Gasteiger partial charge in [0.05, 0.1) is 5.69 Å². The third kappa shape index (κ3) is 3.04. The number of phenols is 1. The first-order valence-corrected chi connectivity index (χ1v) is 6.98. The lowest BCUT2D eigenvalue weighted by molar-refractivity contribution is -0.126. The van der Waals surface area contributed by atoms with Gasteiger partial charge in [-0.25, -0.2) is 0 Å². The zero-order chi connectivity index (χ0) is 14.7. The summed E-state index contributed by atoms with van der Waals surface area (Å²) < 4.78 is 5.67. The molecular weight excluding hydrogens is 256 g/mol. The fraction of sp³-hybridized carbons (Fsp3) is 0.533. The topological polar surface area (TPSA) is 53.0 Å². The number of carbonyl (C=O) groups is 1. The van der Waals surface area contributed by atoms with Crippen LogP contribution in [0, 0.1) is 0 Å². The van der Waals surface area contributed by atoms with Gasteiger partial charge in [0.1, 0.15) is 11.5 Å². The quantitative estimate of drug-likeness (QED) is 0.893. The number of anilines is 1. The molecule has 1 aliphatic heterocycles. The first kappa shape index (κ1) is 14.7. The van der Waals surface area contributed by atoms with E-state index < -0.39 is 6.10 Å². The van der Waals surface area contributed by atoms with Crippen molar-refractivity contribution in [2.75, 3.05) is 32.1 Å². The first-order chi connectivity index (χ1) is 9.52. The van der Waals surface area contributed by atoms with Crippen molar-refractivity contribution in [2.45, 2.75) is 25.9 Å². The summed E-state index contributed by atoms with van der Waals surface area (Å²) in [5.41, 5.74) is 0.747. The van der Waals surface area contributed by atoms with Crippen LogP contribution in [0.2, 0.25) is 0 Å². The number of hydrogen-bond acceptors (Lipinski definition) is 4. The summed E-state index contributed by atoms with van der Waals surface area (Å²) >= 11 is 0. The average molecular weight is 278 g/mol. The zero-order valence-corrected chi connectivity index (χ0v) is 12.3. The van der Waals surface area contributed by atoms with Gasteiger partial charge in [-0.05, 0) is 45.6 Å². The van der Waals surface area contributed by atoms with Crippen LogP contribution in [0.4, 0.5) is 5.69 Å². The molecule has 20 heavy (non-hydrogen) atoms. The van der Waals surface area contributed by atoms with Gasteiger partial charge in [0, 0.05) is 12.6 Å². The molecule has 0 bridgehead atoms. The predicted octanol–water partition coefficient (Wildman–Crippen LogP) is 1.85. The van der Waals surface area contributed by atoms with Gasteiger partial charge < -0.3 is 19.6 Å². The summed E-state index contributed by atoms with van der Waals surface area (Å²) in [6, 6.07) is 4.90. The maximum Gasteiger partial charge on any atom is 0.268 e. The highest BCUT2D eigenvalue weighted by molar-refractivity contribution is 6.00. The molecule has 1 amide bonds. The molecule has 0 aromatic heterocycles. The van der Waals surface area contributed by atoms with Gasteiger partial charge in [-0.1, -0.05) is 6.92 Å². The van der Waals surface area contributed by atoms with Crippen molar-refractivity contribution in [1.82, 2.24) is 4.90 Å². The van der Waals surface area contributed by atoms with Gasteiger partial charge in [-0.15, -0.1) is 0 Å². The monoisotopic (exact) mass is 278 g/mol. The molecule has 0 spiro atoms. The van der Waals surface area contributed by atoms with Crippen LogP contribution in [0.5, 0.6) is 11.5 Å². The maximum absolute atomic E-state index is 12.4. The summed E-state index contributed by atoms with van der Waals surface area (Å²) in [6.45, 7) is 3.51. The summed E-state index contributed by atoms with van der Waals surface area (Å²) in [5, 5.41) is 9.56. The molecule has 1 aliphatic rings. The molecular formula is C15H22N2O3. The van der Waals surface area contributed by atoms with Crippen LogP contribution >= 0.6 is 0 Å². The number of nitrogens with zero attached hydrogens (tertiary/aromatic N) is 2. The van der Waals surface area contributed by atoms with Gasteiger partial charge in [-0.3, -0.25) is 4.79 Å². The highest BCUT2D eigenvalue weighted by atomic mass is 16.5. The minimum Gasteiger partial charge on any atom is -0.508 e. The highest BCUT2D eigenvalue weighted by Crippen LogP contribution is 2.37. The average Bonchev–Trinajstić information content (AvgIpc) is 2.40. The predicted molar refractivity (Wildman–Crippen MR) is 78.3 cm³/mol. The Bertz CT molecular complexity index is 488. The van der Waals surface area contributed by atoms with E-state index in [9.17, 15) is 9.90 Å². The van der Waals surface area contributed by atoms with Crippen molar-refractivity contribution in [3.8, 4) is 11.5 Å². The van der Waals surface area contributed by atoms with Crippen LogP contribution in [0.3, 0.4) is 0 Å². The fourth-order valence-electron chi connectivity index (χ4n) is 2.35. The van der Waals surface area contributed by atoms with E-state index in [4.69, 9.17) is 4.74 Å². The Labute approximate surface area is 119 Å². The summed E-state index contributed by atoms with van der Waals surface area (Å²) in [6.07, 6.45) is 1.07. The van der Waals surface area contributed by atoms with Gasteiger partial charge >= 0.3 is 0 Å². The Morgan fingerprint density at radius 1 is 1.40 bits per heavy atom. The molecule has 5 nitrogen and oxygen atoms in total. The van der Waals surface area contributed by atoms with Crippen LogP contribution in [-0.2, 0) is 4.79 Å². The fourth-order valence-corrected chi connectivity index (χ4v) is 2.35. The Balaban J connectivity index is 2.22. The number of ether oxygens (including phenoxy) is 1. The van der Waals surface area contributed by atoms with Gasteiger partial charge in [-0.2, -0.15) is 0 Å². The Morgan fingerprint density at radius 2 is 2.15 bits per heavy atom. The molecule has 0 aliphatic carbocycles. The lowest BCUT2D eigenvalue weighted by Gasteiger charge is -2.34. The van der Waals surface area contributed by atoms with E-state index in [1.165, 1.54) is 0 Å². The Morgan fingerprint density at radius 3 is 2.80 bits per heavy atom. The standard InChI is InChI=1S/C15H22N2O3/c1-4-13-15(19)17(9-5-8-16(2)3)12-7-6-11(18)10-14(12)20-13/h6-7,10,13,18H,4-5,8-9H2,1-3H3. The zero-order valence-electron chi connectivity index (χ0n) is 12.3. The summed E-state index contributed by atoms with van der Waals surface area (Å²) in [5.74, 6) is 0.743. The van der Waals surface area contributed by atoms with Crippen LogP contribution < -0.4 is 9.64 Å². The van der Waals surface area contributed by atoms with Crippen LogP contribution in [0.15, 0.2) is 18.2 Å². The number of carbonyl (C=O) groups excluding carboxylic acids is 1. The van der Waals surface area contributed by atoms with E-state index in [2.05, 4.69) is 4.90 Å². The second-order valence-corrected chi connectivity index (χ2v) is 5.31. The smallest absolute Gasteiger partial charge is 0.268 e. The van der Waals surface area contributed by atoms with Gasteiger partial charge in [0.2, 0.25) is 0 Å². The third-order valence-electron chi connectivity index (χ3n) is 3.40. The Hall–Kier alpha value is -1.75. The van der Waals surface area contributed by atoms with E-state index in [0.717, 1.165) is 18.7 Å². The number of phenolic OH excluding ortho intramolecular Hbond substituents is 1. The van der Waals surface area contributed by atoms with E-state index in [-0.39, 0.29) is 11.7 Å². The lowest BCUT2D eigenvalue weighted by atomic mass is 10.1. The molecule has 2 rings (SSSR count). The van der Waals surface area contributed by atoms with E-state index in [1.54, 1.807) is 23.1 Å². The number of aromatic hydroxyl groups is 1. The lowest BCUT2D eigenvalue weighted by Crippen LogP contribution is -2.46. The van der Waals surface area contributed by atoms with Crippen molar-refractivity contribution in [3.05, 3.63) is 18.2 Å². The molecule has 1 N–H and O–H groups in total. The molecule has 1 aromatic rings. The van der Waals surface area contributed by atoms with Crippen molar-refractivity contribution < 1.29 is 14.6 Å². The van der Waals surface area contributed by atoms with E-state index in [0.29, 0.717) is 18.7 Å². The third-order valence-corrected chi connectivity index (χ3v) is 3.40. The normalized spacial score (nSPS) is 18.1. The largest absolute Gasteiger partial charge is 0.508 e. The number of amides is 1. The molecule has 0 radical (unpaired) electrons. The van der Waals surface area contributed by atoms with Crippen molar-refractivity contribution >= 4 is 11.6 Å². The van der Waals surface area contributed by atoms with Gasteiger partial charge in [0.15, 0.2) is 6.10 Å². The highest BCUT2D eigenvalue weighted by Gasteiger charge is 2.33. The van der Waals surface area contributed by atoms with Crippen LogP contribution in [0.25, 0.3) is 0 Å². The maximum atomic E-state index is 12.4. The molecule has 1 aromatic carbocycles. The van der Waals surface area contributed by atoms with Crippen molar-refractivity contribution in [3.63, 3.8) is 0 Å². The Kier molecular flexibility index (Phi) is 4.49. The molecule has 110 valence electrons. The molecule has 0 saturated heterocycles. The molecule has 0 fully saturated rings. The molecule has 1 atom stereocenters. The number of rotatable bonds is 5. The summed E-state index contributed by atoms with van der Waals surface area (Å²) in [4.78, 5) is 16.3. The SMILES string of the molecule is CCC1Oc2cc(O)ccc2N(CCCN(C)C)C1=O. The van der Waals surface area contributed by atoms with Gasteiger partial charge in [0.25, 0.3) is 5.91 Å². The van der Waals surface area contributed by atoms with E-state index in [1.807, 2.05) is 21.0 Å². The minimum atomic E-state index is -0.455. The first-order valence-electron chi connectivity index (χ1n) is 6.98.